The Morgan fingerprint density at radius 3 is 1.48 bits per heavy atom. The van der Waals surface area contributed by atoms with Crippen LogP contribution >= 0.6 is 0 Å². The molecule has 0 fully saturated rings. The molecule has 0 aliphatic carbocycles. The van der Waals surface area contributed by atoms with Crippen molar-refractivity contribution in [2.24, 2.45) is 26.4 Å². The Kier molecular flexibility index (Phi) is 52.7. The molecule has 0 saturated heterocycles. The summed E-state index contributed by atoms with van der Waals surface area (Å²) in [5, 5.41) is 33.1. The molecule has 0 atom stereocenters. The summed E-state index contributed by atoms with van der Waals surface area (Å²) >= 11 is 0. The van der Waals surface area contributed by atoms with E-state index in [4.69, 9.17) is 28.7 Å². The number of pyridine rings is 1. The topological polar surface area (TPSA) is 427 Å². The van der Waals surface area contributed by atoms with Crippen LogP contribution in [0.5, 0.6) is 0 Å². The zero-order valence-electron chi connectivity index (χ0n) is 67.3. The second kappa shape index (κ2) is 60.4. The lowest BCUT2D eigenvalue weighted by atomic mass is 10.3. The van der Waals surface area contributed by atoms with Crippen molar-refractivity contribution < 1.29 is 0 Å². The summed E-state index contributed by atoms with van der Waals surface area (Å²) in [6, 6.07) is 11.2. The van der Waals surface area contributed by atoms with Gasteiger partial charge in [0.25, 0.3) is 0 Å². The summed E-state index contributed by atoms with van der Waals surface area (Å²) in [6.45, 7) is 45.2. The first kappa shape index (κ1) is 94.2. The van der Waals surface area contributed by atoms with E-state index >= 15 is 0 Å². The Balaban J connectivity index is 0.000000587. The van der Waals surface area contributed by atoms with E-state index in [1.54, 1.807) is 94.8 Å². The van der Waals surface area contributed by atoms with Crippen molar-refractivity contribution in [1.82, 2.24) is 123 Å². The molecule has 3 aliphatic heterocycles. The fraction of sp³-hybridized carbons (Fsp3) is 0.521. The van der Waals surface area contributed by atoms with E-state index in [0.29, 0.717) is 35.5 Å². The average molecular weight is 1500 g/mol. The lowest BCUT2D eigenvalue weighted by Crippen LogP contribution is -2.40. The predicted molar refractivity (Wildman–Crippen MR) is 439 cm³/mol. The monoisotopic (exact) mass is 1500 g/mol. The minimum Gasteiger partial charge on any atom is -0.384 e. The number of nitrogens with zero attached hydrogens (tertiary/aromatic N) is 31. The number of aromatic nitrogens is 22. The van der Waals surface area contributed by atoms with Crippen LogP contribution in [0.3, 0.4) is 0 Å². The smallest absolute Gasteiger partial charge is 0.226 e. The maximum atomic E-state index is 5.57. The molecule has 10 aromatic rings. The first-order valence-electron chi connectivity index (χ1n) is 36.8. The second-order valence-corrected chi connectivity index (χ2v) is 22.4. The Morgan fingerprint density at radius 1 is 0.454 bits per heavy atom. The van der Waals surface area contributed by atoms with Crippen LogP contribution in [0.1, 0.15) is 96.4 Å². The molecule has 596 valence electrons. The van der Waals surface area contributed by atoms with Crippen LogP contribution in [0.2, 0.25) is 0 Å². The van der Waals surface area contributed by atoms with Gasteiger partial charge in [-0.2, -0.15) is 35.2 Å². The number of nitrogen functional groups attached to an aromatic ring is 3. The Morgan fingerprint density at radius 2 is 1.10 bits per heavy atom. The van der Waals surface area contributed by atoms with Gasteiger partial charge in [-0.25, -0.2) is 19.9 Å². The van der Waals surface area contributed by atoms with Crippen LogP contribution in [-0.2, 0) is 45.8 Å². The van der Waals surface area contributed by atoms with Gasteiger partial charge in [-0.05, 0) is 133 Å². The Hall–Kier alpha value is -11.8. The predicted octanol–water partition coefficient (Wildman–Crippen LogP) is 6.71. The molecular formula is C71H127N37. The molecule has 0 amide bonds. The van der Waals surface area contributed by atoms with Gasteiger partial charge in [-0.1, -0.05) is 5.21 Å². The third-order valence-corrected chi connectivity index (χ3v) is 15.1. The molecule has 3 aliphatic rings. The normalized spacial score (nSPS) is 11.6. The lowest BCUT2D eigenvalue weighted by Gasteiger charge is -2.24. The number of nitrogens with two attached hydrogens (primary N) is 5. The SMILES string of the molecule is CCN(C)c1ccnc(N)n1.CCN(C)c1ccncc1.CCN(C)c1nccc(N)n1.CCN1C=NCC1.CCN1CCCN=C1N.CCN1CCN=C1N.CCn1ccc(N)n1.CCn1cccn1.CCn1ccnc1.CCn1ccnc1NC.CCn1ccnn1.CCn1cnnc1.CCn1nccn1. The van der Waals surface area contributed by atoms with Crippen molar-refractivity contribution in [3.8, 4) is 0 Å². The molecule has 0 unspecified atom stereocenters. The summed E-state index contributed by atoms with van der Waals surface area (Å²) < 4.78 is 11.4. The van der Waals surface area contributed by atoms with Crippen molar-refractivity contribution in [2.45, 2.75) is 142 Å². The molecule has 0 aromatic carbocycles. The van der Waals surface area contributed by atoms with Crippen LogP contribution in [0.4, 0.5) is 41.0 Å². The minimum atomic E-state index is 0.322. The quantitative estimate of drug-likeness (QED) is 0.0551. The van der Waals surface area contributed by atoms with Gasteiger partial charge in [-0.3, -0.25) is 34.0 Å². The van der Waals surface area contributed by atoms with E-state index in [1.165, 1.54) is 5.69 Å². The fourth-order valence-corrected chi connectivity index (χ4v) is 8.17. The summed E-state index contributed by atoms with van der Waals surface area (Å²) in [5.41, 5.74) is 28.4. The summed E-state index contributed by atoms with van der Waals surface area (Å²) in [6.07, 6.45) is 35.1. The third-order valence-electron chi connectivity index (χ3n) is 15.1. The molecule has 0 radical (unpaired) electrons. The number of hydrogen-bond acceptors (Lipinski definition) is 30. The number of imidazole rings is 2. The van der Waals surface area contributed by atoms with Crippen molar-refractivity contribution in [3.63, 3.8) is 0 Å². The standard InChI is InChI=1S/C8H12N2.2C7H12N4.C6H11N3.C6H13N3.C5H11N3.C5H9N3.C5H10N2.2C5H8N2.3C4H7N3/c1-3-10(2)8-4-6-9-7-5-8;1-3-11(2)6-4-5-9-7(8)10-6;1-3-11(2)7-9-5-4-6(8)10-7;1-3-9-5-4-8-6(9)7-2;1-2-9-5-3-4-8-6(9)7;1-2-8-4-3-7-5(8)6;1-2-8-4-3-5(6)7-8;2*1-2-7-4-3-6-5-7;1-2-7-5-3-4-6-7;1-2-7-3-5-6-4-7;1-2-7-4-3-5-6-7;1-2-7-5-3-4-6-7/h4-7H,3H2,1-2H3;2*4-5H,3H2,1-2H3,(H2,8,9,10);4-5H,3H2,1-2H3,(H,7,8);2-5H2,1H3,(H2,7,8);2-4H2,1H3,(H2,6,7);3-4H,2H2,1H3,(H2,6,7);5H,2-4H2,1H3;2*3-5H,2H2,1H3;3*3-4H,2H2,1H3. The highest BCUT2D eigenvalue weighted by Crippen LogP contribution is 2.09. The molecule has 13 rings (SSSR count). The number of hydrogen-bond donors (Lipinski definition) is 6. The lowest BCUT2D eigenvalue weighted by molar-refractivity contribution is 0.408. The second-order valence-electron chi connectivity index (χ2n) is 22.4. The van der Waals surface area contributed by atoms with Crippen molar-refractivity contribution in [2.75, 3.05) is 144 Å². The van der Waals surface area contributed by atoms with E-state index in [1.807, 2.05) is 158 Å². The highest BCUT2D eigenvalue weighted by atomic mass is 15.5. The molecule has 13 heterocycles. The van der Waals surface area contributed by atoms with E-state index in [9.17, 15) is 0 Å². The summed E-state index contributed by atoms with van der Waals surface area (Å²) in [7, 11) is 7.82. The van der Waals surface area contributed by atoms with Gasteiger partial charge >= 0.3 is 0 Å². The van der Waals surface area contributed by atoms with E-state index in [-0.39, 0.29) is 0 Å². The van der Waals surface area contributed by atoms with Gasteiger partial charge in [0.15, 0.2) is 11.9 Å². The van der Waals surface area contributed by atoms with Gasteiger partial charge in [0.1, 0.15) is 30.1 Å². The number of likely N-dealkylation sites (N-methyl/N-ethyl adjacent to an activating group) is 2. The van der Waals surface area contributed by atoms with Gasteiger partial charge in [-0.15, -0.1) is 15.3 Å². The van der Waals surface area contributed by atoms with Gasteiger partial charge in [0.05, 0.1) is 50.9 Å². The minimum absolute atomic E-state index is 0.322. The molecule has 37 nitrogen and oxygen atoms in total. The number of anilines is 7. The Bertz CT molecular complexity index is 3410. The highest BCUT2D eigenvalue weighted by Gasteiger charge is 2.10. The van der Waals surface area contributed by atoms with Crippen LogP contribution in [-0.4, -0.2) is 248 Å². The van der Waals surface area contributed by atoms with E-state index < -0.39 is 0 Å². The maximum absolute atomic E-state index is 5.57. The van der Waals surface area contributed by atoms with Crippen molar-refractivity contribution in [1.29, 1.82) is 0 Å². The molecule has 0 saturated carbocycles. The van der Waals surface area contributed by atoms with Crippen LogP contribution in [0.15, 0.2) is 163 Å². The molecule has 11 N–H and O–H groups in total. The average Bonchev–Trinajstić information content (AvgIpc) is 1.27. The summed E-state index contributed by atoms with van der Waals surface area (Å²) in [4.78, 5) is 54.0. The molecular weight excluding hydrogens is 1370 g/mol. The molecule has 0 bridgehead atoms. The number of aryl methyl sites for hydroxylation is 7. The summed E-state index contributed by atoms with van der Waals surface area (Å²) in [5.74, 6) is 5.30. The van der Waals surface area contributed by atoms with Gasteiger partial charge in [0, 0.05) is 213 Å². The maximum Gasteiger partial charge on any atom is 0.226 e. The fourth-order valence-electron chi connectivity index (χ4n) is 8.17. The molecule has 0 spiro atoms. The van der Waals surface area contributed by atoms with Gasteiger partial charge in [0.2, 0.25) is 17.8 Å². The van der Waals surface area contributed by atoms with Crippen LogP contribution in [0, 0.1) is 0 Å². The van der Waals surface area contributed by atoms with E-state index in [0.717, 1.165) is 143 Å². The number of nitrogens with one attached hydrogen (secondary N) is 1. The zero-order chi connectivity index (χ0) is 80.0. The zero-order valence-corrected chi connectivity index (χ0v) is 67.3. The van der Waals surface area contributed by atoms with Crippen LogP contribution < -0.4 is 48.7 Å². The van der Waals surface area contributed by atoms with E-state index in [2.05, 4.69) is 178 Å². The van der Waals surface area contributed by atoms with Gasteiger partial charge < -0.3 is 77.1 Å². The Labute approximate surface area is 640 Å². The third kappa shape index (κ3) is 42.8. The molecule has 37 heteroatoms. The number of aliphatic imine (C=N–C) groups is 3. The molecule has 10 aromatic heterocycles. The molecule has 108 heavy (non-hydrogen) atoms. The number of rotatable bonds is 17. The van der Waals surface area contributed by atoms with Crippen molar-refractivity contribution >= 4 is 59.2 Å². The first-order valence-corrected chi connectivity index (χ1v) is 36.8. The van der Waals surface area contributed by atoms with Crippen LogP contribution in [0.25, 0.3) is 0 Å². The number of guanidine groups is 2. The first-order chi connectivity index (χ1) is 52.3. The van der Waals surface area contributed by atoms with Crippen molar-refractivity contribution in [3.05, 3.63) is 148 Å². The largest absolute Gasteiger partial charge is 0.384 e. The highest BCUT2D eigenvalue weighted by molar-refractivity contribution is 5.79.